The first-order valence-electron chi connectivity index (χ1n) is 15.5. The molecular formula is C41H44Cl2Zr. The molecular weight excluding hydrogens is 655 g/mol. The average Bonchev–Trinajstić information content (AvgIpc) is 3.53. The van der Waals surface area contributed by atoms with Crippen molar-refractivity contribution in [2.45, 2.75) is 72.1 Å². The summed E-state index contributed by atoms with van der Waals surface area (Å²) in [7, 11) is 0. The van der Waals surface area contributed by atoms with Crippen LogP contribution in [0.5, 0.6) is 0 Å². The largest absolute Gasteiger partial charge is 1.00 e. The second kappa shape index (κ2) is 13.6. The maximum Gasteiger partial charge on any atom is -1.00 e. The van der Waals surface area contributed by atoms with Crippen LogP contribution in [0.4, 0.5) is 0 Å². The van der Waals surface area contributed by atoms with Crippen molar-refractivity contribution in [2.75, 3.05) is 0 Å². The Balaban J connectivity index is 0.00000221. The molecule has 0 heterocycles. The van der Waals surface area contributed by atoms with Crippen molar-refractivity contribution in [3.63, 3.8) is 0 Å². The molecule has 6 rings (SSSR count). The van der Waals surface area contributed by atoms with Crippen LogP contribution in [-0.2, 0) is 44.9 Å². The van der Waals surface area contributed by atoms with Gasteiger partial charge in [0.1, 0.15) is 0 Å². The van der Waals surface area contributed by atoms with Crippen LogP contribution in [0, 0.1) is 5.92 Å². The molecule has 0 aliphatic heterocycles. The molecule has 3 heteroatoms. The second-order valence-electron chi connectivity index (χ2n) is 14.2. The Bertz CT molecular complexity index is 1730. The third-order valence-corrected chi connectivity index (χ3v) is 16.3. The summed E-state index contributed by atoms with van der Waals surface area (Å²) in [5.41, 5.74) is 13.4. The minimum absolute atomic E-state index is 0. The van der Waals surface area contributed by atoms with E-state index in [0.717, 1.165) is 12.8 Å². The van der Waals surface area contributed by atoms with Crippen LogP contribution in [0.1, 0.15) is 81.8 Å². The monoisotopic (exact) mass is 696 g/mol. The van der Waals surface area contributed by atoms with E-state index < -0.39 is 21.3 Å². The van der Waals surface area contributed by atoms with E-state index in [4.69, 9.17) is 0 Å². The molecule has 226 valence electrons. The predicted molar refractivity (Wildman–Crippen MR) is 180 cm³/mol. The van der Waals surface area contributed by atoms with E-state index in [1.807, 2.05) is 0 Å². The zero-order valence-corrected chi connectivity index (χ0v) is 31.1. The number of fused-ring (bicyclic) bond motifs is 3. The minimum Gasteiger partial charge on any atom is -1.00 e. The van der Waals surface area contributed by atoms with E-state index in [9.17, 15) is 0 Å². The van der Waals surface area contributed by atoms with E-state index >= 15 is 0 Å². The van der Waals surface area contributed by atoms with Gasteiger partial charge in [-0.05, 0) is 0 Å². The molecule has 1 atom stereocenters. The van der Waals surface area contributed by atoms with Crippen molar-refractivity contribution in [3.05, 3.63) is 140 Å². The van der Waals surface area contributed by atoms with E-state index in [0.29, 0.717) is 5.92 Å². The fourth-order valence-electron chi connectivity index (χ4n) is 6.71. The fraction of sp³-hybridized carbons (Fsp3) is 0.293. The van der Waals surface area contributed by atoms with Crippen molar-refractivity contribution < 1.29 is 46.1 Å². The van der Waals surface area contributed by atoms with Crippen molar-refractivity contribution in [1.29, 1.82) is 0 Å². The maximum absolute atomic E-state index is 2.80. The molecule has 0 bridgehead atoms. The first kappa shape index (κ1) is 34.6. The Morgan fingerprint density at radius 2 is 1.39 bits per heavy atom. The maximum atomic E-state index is 2.80. The number of rotatable bonds is 5. The van der Waals surface area contributed by atoms with E-state index in [1.54, 1.807) is 17.7 Å². The number of allylic oxidation sites excluding steroid dienone is 4. The average molecular weight is 699 g/mol. The van der Waals surface area contributed by atoms with Crippen LogP contribution in [0.3, 0.4) is 0 Å². The van der Waals surface area contributed by atoms with Gasteiger partial charge in [0, 0.05) is 0 Å². The van der Waals surface area contributed by atoms with Crippen LogP contribution in [0.15, 0.2) is 106 Å². The Morgan fingerprint density at radius 1 is 0.750 bits per heavy atom. The Kier molecular flexibility index (Phi) is 10.7. The van der Waals surface area contributed by atoms with Crippen LogP contribution in [0.2, 0.25) is 0 Å². The molecule has 0 amide bonds. The van der Waals surface area contributed by atoms with Gasteiger partial charge in [0.25, 0.3) is 0 Å². The van der Waals surface area contributed by atoms with Crippen LogP contribution < -0.4 is 28.1 Å². The molecule has 0 fully saturated rings. The molecule has 0 saturated heterocycles. The van der Waals surface area contributed by atoms with Gasteiger partial charge < -0.3 is 24.8 Å². The van der Waals surface area contributed by atoms with Gasteiger partial charge in [-0.3, -0.25) is 0 Å². The van der Waals surface area contributed by atoms with Gasteiger partial charge in [-0.1, -0.05) is 0 Å². The normalized spacial score (nSPS) is 15.5. The Labute approximate surface area is 285 Å². The van der Waals surface area contributed by atoms with Gasteiger partial charge in [-0.25, -0.2) is 0 Å². The second-order valence-corrected chi connectivity index (χ2v) is 19.9. The number of benzene rings is 4. The molecule has 0 N–H and O–H groups in total. The van der Waals surface area contributed by atoms with Gasteiger partial charge in [0.2, 0.25) is 0 Å². The standard InChI is InChI=1S/C21H25.C12H11.C8H8.2ClH.Zr/c1-20(2,3)16-7-9-18-14(12-16)11-15-13-17(21(4,5)6)8-10-19(15)18;1-10-7-8-12(9-10)11-5-3-2-4-6-11;1-2-8-6-4-3-5-7-8;;;/h7-10,12H,11H2,1-6H3;2-6,8-10H,1H3;1,3-7H,2H2;2*1H;/q;;;;;+2/p-2. The molecule has 4 aromatic rings. The topological polar surface area (TPSA) is 0 Å². The van der Waals surface area contributed by atoms with Crippen molar-refractivity contribution in [2.24, 2.45) is 5.92 Å². The number of hydrogen-bond donors (Lipinski definition) is 0. The van der Waals surface area contributed by atoms with E-state index in [1.165, 1.54) is 39.0 Å². The smallest absolute Gasteiger partial charge is 1.00 e. The zero-order chi connectivity index (χ0) is 29.6. The van der Waals surface area contributed by atoms with Crippen LogP contribution >= 0.6 is 0 Å². The van der Waals surface area contributed by atoms with E-state index in [2.05, 4.69) is 155 Å². The quantitative estimate of drug-likeness (QED) is 0.263. The van der Waals surface area contributed by atoms with Gasteiger partial charge in [0.05, 0.1) is 0 Å². The van der Waals surface area contributed by atoms with Gasteiger partial charge in [-0.2, -0.15) is 0 Å². The Morgan fingerprint density at radius 3 is 2.02 bits per heavy atom. The summed E-state index contributed by atoms with van der Waals surface area (Å²) in [4.78, 5) is 0. The van der Waals surface area contributed by atoms with Crippen molar-refractivity contribution in [1.82, 2.24) is 0 Å². The molecule has 0 radical (unpaired) electrons. The molecule has 0 nitrogen and oxygen atoms in total. The Hall–Kier alpha value is -2.31. The summed E-state index contributed by atoms with van der Waals surface area (Å²) in [6, 6.07) is 34.3. The number of halogens is 2. The number of hydrogen-bond acceptors (Lipinski definition) is 0. The summed E-state index contributed by atoms with van der Waals surface area (Å²) in [5.74, 6) is 0.460. The van der Waals surface area contributed by atoms with Gasteiger partial charge >= 0.3 is 263 Å². The molecule has 44 heavy (non-hydrogen) atoms. The third-order valence-electron chi connectivity index (χ3n) is 9.05. The summed E-state index contributed by atoms with van der Waals surface area (Å²) in [6.07, 6.45) is 7.19. The molecule has 1 unspecified atom stereocenters. The van der Waals surface area contributed by atoms with Crippen LogP contribution in [0.25, 0.3) is 16.7 Å². The molecule has 0 aromatic heterocycles. The third kappa shape index (κ3) is 6.92. The van der Waals surface area contributed by atoms with Gasteiger partial charge in [-0.15, -0.1) is 0 Å². The van der Waals surface area contributed by atoms with E-state index in [-0.39, 0.29) is 35.6 Å². The van der Waals surface area contributed by atoms with Crippen molar-refractivity contribution >= 4 is 12.6 Å². The summed E-state index contributed by atoms with van der Waals surface area (Å²) < 4.78 is 6.24. The molecule has 2 aliphatic rings. The molecule has 4 aromatic carbocycles. The first-order valence-corrected chi connectivity index (χ1v) is 19.4. The van der Waals surface area contributed by atoms with Crippen molar-refractivity contribution in [3.8, 4) is 11.1 Å². The summed E-state index contributed by atoms with van der Waals surface area (Å²) in [5, 5.41) is 0. The first-order chi connectivity index (χ1) is 20.0. The zero-order valence-electron chi connectivity index (χ0n) is 27.1. The minimum atomic E-state index is -2.52. The summed E-state index contributed by atoms with van der Waals surface area (Å²) >= 11 is -2.52. The molecule has 2 aliphatic carbocycles. The summed E-state index contributed by atoms with van der Waals surface area (Å²) in [6.45, 7) is 16.7. The SMILES string of the molecule is CC1C=C(c2ccccc2)C=[C]1[Zr+2](=[CH]Cc1ccccc1)[c]1c(C(C)(C)C)ccc2c1Cc1cc(C(C)(C)C)ccc1-2.[Cl-].[Cl-]. The molecule has 0 spiro atoms. The van der Waals surface area contributed by atoms with Gasteiger partial charge in [0.15, 0.2) is 0 Å². The molecule has 0 saturated carbocycles. The fourth-order valence-corrected chi connectivity index (χ4v) is 14.9. The van der Waals surface area contributed by atoms with Crippen LogP contribution in [-0.4, -0.2) is 3.71 Å². The predicted octanol–water partition coefficient (Wildman–Crippen LogP) is 3.77.